The largest absolute Gasteiger partial charge is 0.490 e. The highest BCUT2D eigenvalue weighted by Crippen LogP contribution is 2.29. The molecule has 30 heavy (non-hydrogen) atoms. The maximum absolute atomic E-state index is 10.6. The summed E-state index contributed by atoms with van der Waals surface area (Å²) in [6, 6.07) is 0. The molecule has 1 saturated heterocycles. The Bertz CT molecular complexity index is 688. The van der Waals surface area contributed by atoms with Gasteiger partial charge < -0.3 is 14.6 Å². The van der Waals surface area contributed by atoms with Crippen LogP contribution in [0.15, 0.2) is 0 Å². The molecule has 2 aliphatic heterocycles. The van der Waals surface area contributed by atoms with E-state index in [4.69, 9.17) is 19.4 Å². The van der Waals surface area contributed by atoms with Crippen LogP contribution >= 0.6 is 0 Å². The molecule has 1 N–H and O–H groups in total. The molecule has 3 aliphatic rings. The fourth-order valence-electron chi connectivity index (χ4n) is 3.63. The van der Waals surface area contributed by atoms with Crippen LogP contribution in [0.2, 0.25) is 0 Å². The maximum atomic E-state index is 10.6. The predicted octanol–water partition coefficient (Wildman–Crippen LogP) is 2.47. The molecule has 0 atom stereocenters. The van der Waals surface area contributed by atoms with E-state index >= 15 is 0 Å². The second kappa shape index (κ2) is 10.5. The van der Waals surface area contributed by atoms with Crippen molar-refractivity contribution in [2.24, 2.45) is 11.8 Å². The Kier molecular flexibility index (Phi) is 8.06. The molecule has 0 bridgehead atoms. The van der Waals surface area contributed by atoms with E-state index in [9.17, 15) is 13.2 Å². The van der Waals surface area contributed by atoms with Gasteiger partial charge in [0.15, 0.2) is 0 Å². The molecule has 4 rings (SSSR count). The van der Waals surface area contributed by atoms with Gasteiger partial charge in [0.05, 0.1) is 12.3 Å². The van der Waals surface area contributed by atoms with E-state index in [1.807, 2.05) is 0 Å². The number of carboxylic acids is 1. The van der Waals surface area contributed by atoms with E-state index in [2.05, 4.69) is 19.9 Å². The van der Waals surface area contributed by atoms with Crippen molar-refractivity contribution in [3.8, 4) is 0 Å². The molecule has 0 aromatic carbocycles. The summed E-state index contributed by atoms with van der Waals surface area (Å²) in [6.45, 7) is 7.65. The zero-order chi connectivity index (χ0) is 21.6. The van der Waals surface area contributed by atoms with E-state index in [0.717, 1.165) is 63.4 Å². The van der Waals surface area contributed by atoms with Gasteiger partial charge in [-0.25, -0.2) is 9.48 Å². The molecule has 11 heteroatoms. The Hall–Kier alpha value is -1.72. The van der Waals surface area contributed by atoms with Crippen molar-refractivity contribution in [2.45, 2.75) is 58.0 Å². The van der Waals surface area contributed by atoms with Crippen LogP contribution in [0.25, 0.3) is 0 Å². The molecule has 1 aliphatic carbocycles. The van der Waals surface area contributed by atoms with Gasteiger partial charge >= 0.3 is 12.1 Å². The van der Waals surface area contributed by atoms with Crippen LogP contribution in [0.3, 0.4) is 0 Å². The summed E-state index contributed by atoms with van der Waals surface area (Å²) in [5.74, 6) is -1.18. The number of aromatic nitrogens is 3. The number of hydrogen-bond donors (Lipinski definition) is 1. The normalized spacial score (nSPS) is 20.8. The first-order chi connectivity index (χ1) is 14.3. The molecule has 3 heterocycles. The minimum atomic E-state index is -5.08. The molecule has 1 aromatic heterocycles. The van der Waals surface area contributed by atoms with Crippen LogP contribution in [-0.4, -0.2) is 70.1 Å². The van der Waals surface area contributed by atoms with Gasteiger partial charge in [0.25, 0.3) is 0 Å². The second-order valence-corrected chi connectivity index (χ2v) is 8.11. The predicted molar refractivity (Wildman–Crippen MR) is 99.5 cm³/mol. The van der Waals surface area contributed by atoms with Gasteiger partial charge in [0.2, 0.25) is 0 Å². The standard InChI is InChI=1S/C17H28N4O2.C2HF3O2/c1-6-20(10-14-4-8-22-9-5-14)11-17-16(18-19-21(17)7-1)13-23-12-15-2-3-15;3-2(4,5)1(6)7/h14-15H,1-13H2;(H,6,7). The second-order valence-electron chi connectivity index (χ2n) is 8.11. The number of fused-ring (bicyclic) bond motifs is 1. The number of ether oxygens (including phenoxy) is 2. The Morgan fingerprint density at radius 2 is 1.87 bits per heavy atom. The molecule has 0 amide bonds. The van der Waals surface area contributed by atoms with Crippen LogP contribution in [0.1, 0.15) is 43.5 Å². The number of alkyl halides is 3. The number of hydrogen-bond acceptors (Lipinski definition) is 6. The Balaban J connectivity index is 0.000000318. The summed E-state index contributed by atoms with van der Waals surface area (Å²) < 4.78 is 45.2. The van der Waals surface area contributed by atoms with Gasteiger partial charge in [-0.05, 0) is 43.9 Å². The molecule has 0 spiro atoms. The third-order valence-electron chi connectivity index (χ3n) is 5.52. The quantitative estimate of drug-likeness (QED) is 0.736. The lowest BCUT2D eigenvalue weighted by Gasteiger charge is -2.28. The molecule has 0 unspecified atom stereocenters. The Morgan fingerprint density at radius 1 is 1.17 bits per heavy atom. The smallest absolute Gasteiger partial charge is 0.475 e. The summed E-state index contributed by atoms with van der Waals surface area (Å²) in [5.41, 5.74) is 2.31. The average Bonchev–Trinajstić information content (AvgIpc) is 3.48. The molecule has 0 radical (unpaired) electrons. The van der Waals surface area contributed by atoms with Crippen LogP contribution in [0.5, 0.6) is 0 Å². The van der Waals surface area contributed by atoms with Gasteiger partial charge in [-0.1, -0.05) is 5.21 Å². The van der Waals surface area contributed by atoms with Crippen molar-refractivity contribution in [2.75, 3.05) is 32.9 Å². The van der Waals surface area contributed by atoms with Crippen LogP contribution in [0.4, 0.5) is 13.2 Å². The highest BCUT2D eigenvalue weighted by atomic mass is 19.4. The number of aryl methyl sites for hydroxylation is 1. The Morgan fingerprint density at radius 3 is 2.50 bits per heavy atom. The molecular formula is C19H29F3N4O4. The highest BCUT2D eigenvalue weighted by Gasteiger charge is 2.38. The topological polar surface area (TPSA) is 89.7 Å². The van der Waals surface area contributed by atoms with Crippen molar-refractivity contribution >= 4 is 5.97 Å². The molecule has 1 saturated carbocycles. The first kappa shape index (κ1) is 23.0. The first-order valence-corrected chi connectivity index (χ1v) is 10.4. The SMILES string of the molecule is C1CN(CC2CCOCC2)Cc2c(COCC3CC3)nnn2C1.O=C(O)C(F)(F)F. The molecule has 8 nitrogen and oxygen atoms in total. The maximum Gasteiger partial charge on any atom is 0.490 e. The van der Waals surface area contributed by atoms with Crippen LogP contribution in [-0.2, 0) is 34.0 Å². The number of nitrogens with zero attached hydrogens (tertiary/aromatic N) is 4. The highest BCUT2D eigenvalue weighted by molar-refractivity contribution is 5.73. The van der Waals surface area contributed by atoms with Gasteiger partial charge in [-0.15, -0.1) is 5.10 Å². The summed E-state index contributed by atoms with van der Waals surface area (Å²) in [4.78, 5) is 11.5. The number of carbonyl (C=O) groups is 1. The van der Waals surface area contributed by atoms with E-state index in [1.54, 1.807) is 0 Å². The fourth-order valence-corrected chi connectivity index (χ4v) is 3.63. The third-order valence-corrected chi connectivity index (χ3v) is 5.52. The zero-order valence-electron chi connectivity index (χ0n) is 16.9. The lowest BCUT2D eigenvalue weighted by molar-refractivity contribution is -0.192. The summed E-state index contributed by atoms with van der Waals surface area (Å²) in [6.07, 6.45) is 1.13. The van der Waals surface area contributed by atoms with E-state index < -0.39 is 12.1 Å². The average molecular weight is 434 g/mol. The van der Waals surface area contributed by atoms with Crippen molar-refractivity contribution in [1.82, 2.24) is 19.9 Å². The summed E-state index contributed by atoms with van der Waals surface area (Å²) in [5, 5.41) is 15.9. The lowest BCUT2D eigenvalue weighted by Crippen LogP contribution is -2.32. The third kappa shape index (κ3) is 7.21. The molecular weight excluding hydrogens is 405 g/mol. The Labute approximate surface area is 173 Å². The number of rotatable bonds is 6. The summed E-state index contributed by atoms with van der Waals surface area (Å²) >= 11 is 0. The van der Waals surface area contributed by atoms with Gasteiger partial charge in [0.1, 0.15) is 5.69 Å². The van der Waals surface area contributed by atoms with Crippen molar-refractivity contribution in [3.63, 3.8) is 0 Å². The van der Waals surface area contributed by atoms with E-state index in [0.29, 0.717) is 6.61 Å². The molecule has 1 aromatic rings. The molecule has 170 valence electrons. The monoisotopic (exact) mass is 434 g/mol. The minimum Gasteiger partial charge on any atom is -0.475 e. The van der Waals surface area contributed by atoms with E-state index in [1.165, 1.54) is 37.9 Å². The van der Waals surface area contributed by atoms with Crippen LogP contribution in [0, 0.1) is 11.8 Å². The number of aliphatic carboxylic acids is 1. The van der Waals surface area contributed by atoms with Gasteiger partial charge in [-0.2, -0.15) is 13.2 Å². The minimum absolute atomic E-state index is 0.622. The van der Waals surface area contributed by atoms with Crippen LogP contribution < -0.4 is 0 Å². The number of halogens is 3. The fraction of sp³-hybridized carbons (Fsp3) is 0.842. The van der Waals surface area contributed by atoms with Gasteiger partial charge in [0, 0.05) is 46.0 Å². The number of carboxylic acid groups (broad SMARTS) is 1. The summed E-state index contributed by atoms with van der Waals surface area (Å²) in [7, 11) is 0. The first-order valence-electron chi connectivity index (χ1n) is 10.4. The van der Waals surface area contributed by atoms with Crippen molar-refractivity contribution in [1.29, 1.82) is 0 Å². The van der Waals surface area contributed by atoms with Crippen molar-refractivity contribution in [3.05, 3.63) is 11.4 Å². The van der Waals surface area contributed by atoms with Crippen molar-refractivity contribution < 1.29 is 32.5 Å². The lowest BCUT2D eigenvalue weighted by atomic mass is 9.99. The van der Waals surface area contributed by atoms with Gasteiger partial charge in [-0.3, -0.25) is 4.90 Å². The molecule has 2 fully saturated rings. The zero-order valence-corrected chi connectivity index (χ0v) is 16.9. The van der Waals surface area contributed by atoms with E-state index in [-0.39, 0.29) is 0 Å².